The standard InChI is InChI=1S/C12H25N3O3/c1-12(2,3)9(10(16)17)13-11(18)15(6)8-7-14(4)5/h9H,7-8H2,1-6H3,(H,13,18)(H,16,17)/t9-/m0/s1. The Morgan fingerprint density at radius 2 is 1.67 bits per heavy atom. The molecule has 0 radical (unpaired) electrons. The van der Waals surface area contributed by atoms with E-state index in [2.05, 4.69) is 5.32 Å². The summed E-state index contributed by atoms with van der Waals surface area (Å²) < 4.78 is 0. The van der Waals surface area contributed by atoms with Crippen molar-refractivity contribution in [3.8, 4) is 0 Å². The quantitative estimate of drug-likeness (QED) is 0.762. The van der Waals surface area contributed by atoms with Crippen molar-refractivity contribution in [3.63, 3.8) is 0 Å². The molecule has 2 N–H and O–H groups in total. The maximum Gasteiger partial charge on any atom is 0.326 e. The predicted molar refractivity (Wildman–Crippen MR) is 70.6 cm³/mol. The molecule has 0 unspecified atom stereocenters. The Morgan fingerprint density at radius 1 is 1.17 bits per heavy atom. The number of amides is 2. The van der Waals surface area contributed by atoms with Gasteiger partial charge in [-0.1, -0.05) is 20.8 Å². The number of carboxylic acid groups (broad SMARTS) is 1. The number of rotatable bonds is 5. The van der Waals surface area contributed by atoms with E-state index in [0.29, 0.717) is 6.54 Å². The maximum absolute atomic E-state index is 11.9. The van der Waals surface area contributed by atoms with Gasteiger partial charge in [-0.3, -0.25) is 0 Å². The summed E-state index contributed by atoms with van der Waals surface area (Å²) in [5.41, 5.74) is -0.524. The van der Waals surface area contributed by atoms with E-state index in [0.717, 1.165) is 6.54 Å². The van der Waals surface area contributed by atoms with Gasteiger partial charge in [-0.15, -0.1) is 0 Å². The molecule has 106 valence electrons. The summed E-state index contributed by atoms with van der Waals surface area (Å²) in [6.45, 7) is 6.64. The molecule has 0 aliphatic carbocycles. The van der Waals surface area contributed by atoms with Crippen LogP contribution in [0.15, 0.2) is 0 Å². The number of carbonyl (C=O) groups is 2. The lowest BCUT2D eigenvalue weighted by atomic mass is 9.87. The summed E-state index contributed by atoms with van der Waals surface area (Å²) in [6, 6.07) is -1.26. The van der Waals surface area contributed by atoms with E-state index in [1.54, 1.807) is 27.8 Å². The van der Waals surface area contributed by atoms with E-state index in [9.17, 15) is 9.59 Å². The first-order chi connectivity index (χ1) is 8.05. The Labute approximate surface area is 109 Å². The third-order valence-corrected chi connectivity index (χ3v) is 2.61. The van der Waals surface area contributed by atoms with Gasteiger partial charge in [0, 0.05) is 20.1 Å². The molecule has 2 amide bonds. The lowest BCUT2D eigenvalue weighted by Gasteiger charge is -2.30. The molecule has 0 spiro atoms. The Kier molecular flexibility index (Phi) is 6.11. The molecule has 6 heteroatoms. The second-order valence-electron chi connectivity index (χ2n) is 5.81. The molecular formula is C12H25N3O3. The van der Waals surface area contributed by atoms with Gasteiger partial charge in [-0.2, -0.15) is 0 Å². The lowest BCUT2D eigenvalue weighted by molar-refractivity contribution is -0.142. The van der Waals surface area contributed by atoms with Crippen molar-refractivity contribution in [1.82, 2.24) is 15.1 Å². The SMILES string of the molecule is CN(C)CCN(C)C(=O)N[C@@H](C(=O)O)C(C)(C)C. The third-order valence-electron chi connectivity index (χ3n) is 2.61. The highest BCUT2D eigenvalue weighted by molar-refractivity contribution is 5.83. The van der Waals surface area contributed by atoms with Crippen LogP contribution in [0.3, 0.4) is 0 Å². The largest absolute Gasteiger partial charge is 0.480 e. The number of carbonyl (C=O) groups excluding carboxylic acids is 1. The van der Waals surface area contributed by atoms with Crippen LogP contribution in [0.4, 0.5) is 4.79 Å². The van der Waals surface area contributed by atoms with Crippen molar-refractivity contribution in [2.24, 2.45) is 5.41 Å². The molecule has 0 fully saturated rings. The molecule has 18 heavy (non-hydrogen) atoms. The van der Waals surface area contributed by atoms with Crippen molar-refractivity contribution in [2.45, 2.75) is 26.8 Å². The summed E-state index contributed by atoms with van der Waals surface area (Å²) >= 11 is 0. The van der Waals surface area contributed by atoms with E-state index >= 15 is 0 Å². The van der Waals surface area contributed by atoms with Crippen LogP contribution in [0.1, 0.15) is 20.8 Å². The van der Waals surface area contributed by atoms with Gasteiger partial charge in [0.05, 0.1) is 0 Å². The lowest BCUT2D eigenvalue weighted by Crippen LogP contribution is -2.53. The third kappa shape index (κ3) is 5.86. The van der Waals surface area contributed by atoms with Gasteiger partial charge in [0.2, 0.25) is 0 Å². The van der Waals surface area contributed by atoms with Gasteiger partial charge in [0.1, 0.15) is 6.04 Å². The Morgan fingerprint density at radius 3 is 2.00 bits per heavy atom. The predicted octanol–water partition coefficient (Wildman–Crippen LogP) is 0.689. The monoisotopic (exact) mass is 259 g/mol. The summed E-state index contributed by atoms with van der Waals surface area (Å²) in [6.07, 6.45) is 0. The summed E-state index contributed by atoms with van der Waals surface area (Å²) in [7, 11) is 5.49. The molecule has 0 aliphatic heterocycles. The van der Waals surface area contributed by atoms with Gasteiger partial charge in [0.25, 0.3) is 0 Å². The minimum atomic E-state index is -1.02. The van der Waals surface area contributed by atoms with Crippen LogP contribution in [-0.4, -0.2) is 67.2 Å². The number of urea groups is 1. The molecule has 0 rings (SSSR count). The fourth-order valence-corrected chi connectivity index (χ4v) is 1.33. The first-order valence-electron chi connectivity index (χ1n) is 5.95. The van der Waals surface area contributed by atoms with Crippen molar-refractivity contribution in [2.75, 3.05) is 34.2 Å². The van der Waals surface area contributed by atoms with Crippen LogP contribution < -0.4 is 5.32 Å². The zero-order valence-electron chi connectivity index (χ0n) is 12.1. The fourth-order valence-electron chi connectivity index (χ4n) is 1.33. The second-order valence-corrected chi connectivity index (χ2v) is 5.81. The average Bonchev–Trinajstić information content (AvgIpc) is 2.19. The molecule has 0 aliphatic rings. The molecule has 6 nitrogen and oxygen atoms in total. The minimum absolute atomic E-state index is 0.362. The molecule has 0 saturated carbocycles. The molecular weight excluding hydrogens is 234 g/mol. The normalized spacial score (nSPS) is 13.3. The zero-order chi connectivity index (χ0) is 14.5. The Hall–Kier alpha value is -1.30. The summed E-state index contributed by atoms with van der Waals surface area (Å²) in [5, 5.41) is 11.7. The first kappa shape index (κ1) is 16.7. The van der Waals surface area contributed by atoms with E-state index in [-0.39, 0.29) is 6.03 Å². The van der Waals surface area contributed by atoms with Crippen LogP contribution >= 0.6 is 0 Å². The molecule has 0 saturated heterocycles. The van der Waals surface area contributed by atoms with Crippen LogP contribution in [0.25, 0.3) is 0 Å². The van der Waals surface area contributed by atoms with Crippen LogP contribution in [0.2, 0.25) is 0 Å². The molecule has 1 atom stereocenters. The van der Waals surface area contributed by atoms with Crippen molar-refractivity contribution < 1.29 is 14.7 Å². The average molecular weight is 259 g/mol. The first-order valence-corrected chi connectivity index (χ1v) is 5.95. The molecule has 0 aromatic rings. The Bertz CT molecular complexity index is 297. The van der Waals surface area contributed by atoms with E-state index < -0.39 is 17.4 Å². The summed E-state index contributed by atoms with van der Waals surface area (Å²) in [4.78, 5) is 26.4. The fraction of sp³-hybridized carbons (Fsp3) is 0.833. The van der Waals surface area contributed by atoms with E-state index in [1.165, 1.54) is 4.90 Å². The second kappa shape index (κ2) is 6.58. The number of aliphatic carboxylic acids is 1. The van der Waals surface area contributed by atoms with Crippen molar-refractivity contribution >= 4 is 12.0 Å². The number of carboxylic acids is 1. The highest BCUT2D eigenvalue weighted by Gasteiger charge is 2.33. The van der Waals surface area contributed by atoms with Crippen molar-refractivity contribution in [3.05, 3.63) is 0 Å². The summed E-state index contributed by atoms with van der Waals surface area (Å²) in [5.74, 6) is -1.02. The molecule has 0 aromatic carbocycles. The van der Waals surface area contributed by atoms with E-state index in [4.69, 9.17) is 5.11 Å². The van der Waals surface area contributed by atoms with E-state index in [1.807, 2.05) is 19.0 Å². The van der Waals surface area contributed by atoms with Gasteiger partial charge >= 0.3 is 12.0 Å². The number of hydrogen-bond acceptors (Lipinski definition) is 3. The van der Waals surface area contributed by atoms with Gasteiger partial charge < -0.3 is 20.2 Å². The number of hydrogen-bond donors (Lipinski definition) is 2. The van der Waals surface area contributed by atoms with Gasteiger partial charge in [-0.05, 0) is 19.5 Å². The number of nitrogens with zero attached hydrogens (tertiary/aromatic N) is 2. The molecule has 0 heterocycles. The molecule has 0 bridgehead atoms. The van der Waals surface area contributed by atoms with Gasteiger partial charge in [-0.25, -0.2) is 9.59 Å². The van der Waals surface area contributed by atoms with Crippen molar-refractivity contribution in [1.29, 1.82) is 0 Å². The zero-order valence-corrected chi connectivity index (χ0v) is 12.1. The van der Waals surface area contributed by atoms with Crippen LogP contribution in [-0.2, 0) is 4.79 Å². The molecule has 0 aromatic heterocycles. The maximum atomic E-state index is 11.9. The highest BCUT2D eigenvalue weighted by Crippen LogP contribution is 2.19. The Balaban J connectivity index is 4.47. The number of nitrogens with one attached hydrogen (secondary N) is 1. The van der Waals surface area contributed by atoms with Crippen LogP contribution in [0.5, 0.6) is 0 Å². The topological polar surface area (TPSA) is 72.9 Å². The smallest absolute Gasteiger partial charge is 0.326 e. The highest BCUT2D eigenvalue weighted by atomic mass is 16.4. The van der Waals surface area contributed by atoms with Crippen LogP contribution in [0, 0.1) is 5.41 Å². The van der Waals surface area contributed by atoms with Gasteiger partial charge in [0.15, 0.2) is 0 Å². The minimum Gasteiger partial charge on any atom is -0.480 e. The number of likely N-dealkylation sites (N-methyl/N-ethyl adjacent to an activating group) is 2.